The van der Waals surface area contributed by atoms with E-state index < -0.39 is 0 Å². The number of nitrogens with one attached hydrogen (secondary N) is 1. The highest BCUT2D eigenvalue weighted by Crippen LogP contribution is 2.22. The molecule has 2 aromatic heterocycles. The molecule has 0 atom stereocenters. The highest BCUT2D eigenvalue weighted by molar-refractivity contribution is 9.10. The van der Waals surface area contributed by atoms with Crippen LogP contribution in [0.15, 0.2) is 70.4 Å². The third-order valence-electron chi connectivity index (χ3n) is 5.18. The Morgan fingerprint density at radius 1 is 1.03 bits per heavy atom. The molecule has 0 spiro atoms. The zero-order chi connectivity index (χ0) is 24.1. The lowest BCUT2D eigenvalue weighted by Crippen LogP contribution is -2.17. The van der Waals surface area contributed by atoms with Crippen molar-refractivity contribution in [3.63, 3.8) is 0 Å². The van der Waals surface area contributed by atoms with E-state index in [1.54, 1.807) is 0 Å². The van der Waals surface area contributed by atoms with Crippen molar-refractivity contribution in [2.24, 2.45) is 5.10 Å². The molecule has 8 nitrogen and oxygen atoms in total. The van der Waals surface area contributed by atoms with Gasteiger partial charge in [-0.2, -0.15) is 15.1 Å². The first kappa shape index (κ1) is 23.6. The molecule has 2 aromatic carbocycles. The Labute approximate surface area is 208 Å². The Hall–Kier alpha value is -3.59. The first-order valence-corrected chi connectivity index (χ1v) is 11.7. The molecule has 0 bridgehead atoms. The number of hydrazone groups is 1. The number of anilines is 3. The normalized spacial score (nSPS) is 11.2. The van der Waals surface area contributed by atoms with E-state index >= 15 is 0 Å². The molecule has 0 radical (unpaired) electrons. The molecule has 0 aliphatic heterocycles. The lowest BCUT2D eigenvalue weighted by Gasteiger charge is -2.16. The number of rotatable bonds is 9. The molecule has 4 aromatic rings. The molecule has 0 amide bonds. The summed E-state index contributed by atoms with van der Waals surface area (Å²) in [6.45, 7) is 1.29. The van der Waals surface area contributed by atoms with Crippen molar-refractivity contribution in [3.05, 3.63) is 70.8 Å². The molecule has 0 saturated carbocycles. The second kappa shape index (κ2) is 10.6. The Balaban J connectivity index is 1.49. The highest BCUT2D eigenvalue weighted by atomic mass is 79.9. The molecule has 4 rings (SSSR count). The summed E-state index contributed by atoms with van der Waals surface area (Å²) >= 11 is 3.45. The molecular weight excluding hydrogens is 494 g/mol. The van der Waals surface area contributed by atoms with Gasteiger partial charge in [-0.25, -0.2) is 0 Å². The summed E-state index contributed by atoms with van der Waals surface area (Å²) in [4.78, 5) is 12.9. The van der Waals surface area contributed by atoms with Gasteiger partial charge in [0, 0.05) is 61.4 Å². The molecule has 0 aliphatic rings. The quantitative estimate of drug-likeness (QED) is 0.250. The van der Waals surface area contributed by atoms with E-state index in [4.69, 9.17) is 4.74 Å². The van der Waals surface area contributed by atoms with Gasteiger partial charge in [-0.05, 0) is 30.3 Å². The number of hydrogen-bond donors (Lipinski definition) is 1. The molecule has 2 heterocycles. The minimum absolute atomic E-state index is 0.566. The van der Waals surface area contributed by atoms with Gasteiger partial charge < -0.3 is 19.1 Å². The minimum Gasteiger partial charge on any atom is -0.492 e. The van der Waals surface area contributed by atoms with Gasteiger partial charge in [0.15, 0.2) is 5.82 Å². The number of aromatic nitrogens is 3. The van der Waals surface area contributed by atoms with E-state index in [1.807, 2.05) is 86.7 Å². The van der Waals surface area contributed by atoms with Crippen molar-refractivity contribution in [2.75, 3.05) is 50.0 Å². The summed E-state index contributed by atoms with van der Waals surface area (Å²) in [5.74, 6) is 2.90. The number of para-hydroxylation sites is 1. The third-order valence-corrected chi connectivity index (χ3v) is 5.70. The fourth-order valence-electron chi connectivity index (χ4n) is 3.43. The van der Waals surface area contributed by atoms with Gasteiger partial charge in [-0.15, -0.1) is 0 Å². The van der Waals surface area contributed by atoms with Crippen LogP contribution in [-0.2, 0) is 6.54 Å². The molecule has 9 heteroatoms. The first-order valence-electron chi connectivity index (χ1n) is 10.9. The summed E-state index contributed by atoms with van der Waals surface area (Å²) in [5.41, 5.74) is 5.20. The van der Waals surface area contributed by atoms with E-state index in [9.17, 15) is 0 Å². The molecule has 0 aliphatic carbocycles. The van der Waals surface area contributed by atoms with Gasteiger partial charge in [0.1, 0.15) is 18.2 Å². The van der Waals surface area contributed by atoms with Crippen molar-refractivity contribution in [1.29, 1.82) is 0 Å². The predicted molar refractivity (Wildman–Crippen MR) is 143 cm³/mol. The van der Waals surface area contributed by atoms with E-state index in [0.717, 1.165) is 39.1 Å². The van der Waals surface area contributed by atoms with Gasteiger partial charge in [-0.3, -0.25) is 5.43 Å². The zero-order valence-electron chi connectivity index (χ0n) is 19.7. The minimum atomic E-state index is 0.566. The number of ether oxygens (including phenoxy) is 1. The van der Waals surface area contributed by atoms with Gasteiger partial charge in [-0.1, -0.05) is 34.1 Å². The molecule has 1 N–H and O–H groups in total. The summed E-state index contributed by atoms with van der Waals surface area (Å²) in [6.07, 6.45) is 3.92. The molecule has 34 heavy (non-hydrogen) atoms. The molecular formula is C25H28BrN7O. The van der Waals surface area contributed by atoms with E-state index in [1.165, 1.54) is 0 Å². The summed E-state index contributed by atoms with van der Waals surface area (Å²) < 4.78 is 9.14. The third kappa shape index (κ3) is 5.66. The number of fused-ring (bicyclic) bond motifs is 1. The van der Waals surface area contributed by atoms with Crippen LogP contribution in [0.25, 0.3) is 10.9 Å². The standard InChI is InChI=1S/C25H28BrN7O/c1-31(2)24-15-23(28-25(29-24)32(3)4)30-27-16-18-17-33(22-8-6-5-7-21(18)22)13-14-34-20-11-9-19(26)10-12-20/h5-12,15-17H,13-14H2,1-4H3,(H,28,29,30)/b27-16-. The smallest absolute Gasteiger partial charge is 0.228 e. The van der Waals surface area contributed by atoms with Gasteiger partial charge in [0.2, 0.25) is 5.95 Å². The SMILES string of the molecule is CN(C)c1cc(N/N=C\c2cn(CCOc3ccc(Br)cc3)c3ccccc23)nc(N(C)C)n1. The summed E-state index contributed by atoms with van der Waals surface area (Å²) in [6, 6.07) is 18.0. The lowest BCUT2D eigenvalue weighted by molar-refractivity contribution is 0.300. The molecule has 0 saturated heterocycles. The summed E-state index contributed by atoms with van der Waals surface area (Å²) in [7, 11) is 7.72. The fraction of sp³-hybridized carbons (Fsp3) is 0.240. The maximum absolute atomic E-state index is 5.91. The van der Waals surface area contributed by atoms with Crippen LogP contribution in [0.3, 0.4) is 0 Å². The second-order valence-corrected chi connectivity index (χ2v) is 9.08. The number of halogens is 1. The van der Waals surface area contributed by atoms with E-state index in [2.05, 4.69) is 59.3 Å². The maximum atomic E-state index is 5.91. The lowest BCUT2D eigenvalue weighted by atomic mass is 10.2. The van der Waals surface area contributed by atoms with Crippen molar-refractivity contribution in [3.8, 4) is 5.75 Å². The largest absolute Gasteiger partial charge is 0.492 e. The van der Waals surface area contributed by atoms with Crippen LogP contribution in [0.4, 0.5) is 17.6 Å². The van der Waals surface area contributed by atoms with Crippen LogP contribution < -0.4 is 20.0 Å². The monoisotopic (exact) mass is 521 g/mol. The average molecular weight is 522 g/mol. The van der Waals surface area contributed by atoms with Crippen LogP contribution in [0.2, 0.25) is 0 Å². The zero-order valence-corrected chi connectivity index (χ0v) is 21.3. The Bertz CT molecular complexity index is 1260. The van der Waals surface area contributed by atoms with Crippen LogP contribution in [0.5, 0.6) is 5.75 Å². The number of hydrogen-bond acceptors (Lipinski definition) is 7. The van der Waals surface area contributed by atoms with Crippen LogP contribution in [-0.4, -0.2) is 55.5 Å². The maximum Gasteiger partial charge on any atom is 0.228 e. The molecule has 0 fully saturated rings. The fourth-order valence-corrected chi connectivity index (χ4v) is 3.70. The van der Waals surface area contributed by atoms with Gasteiger partial charge in [0.25, 0.3) is 0 Å². The van der Waals surface area contributed by atoms with E-state index in [-0.39, 0.29) is 0 Å². The summed E-state index contributed by atoms with van der Waals surface area (Å²) in [5, 5.41) is 5.59. The van der Waals surface area contributed by atoms with Gasteiger partial charge >= 0.3 is 0 Å². The van der Waals surface area contributed by atoms with Crippen molar-refractivity contribution in [2.45, 2.75) is 6.54 Å². The topological polar surface area (TPSA) is 70.8 Å². The number of nitrogens with zero attached hydrogens (tertiary/aromatic N) is 6. The van der Waals surface area contributed by atoms with Crippen LogP contribution in [0, 0.1) is 0 Å². The predicted octanol–water partition coefficient (Wildman–Crippen LogP) is 4.85. The van der Waals surface area contributed by atoms with Crippen LogP contribution in [0.1, 0.15) is 5.56 Å². The second-order valence-electron chi connectivity index (χ2n) is 8.17. The van der Waals surface area contributed by atoms with Crippen LogP contribution >= 0.6 is 15.9 Å². The highest BCUT2D eigenvalue weighted by Gasteiger charge is 2.09. The van der Waals surface area contributed by atoms with E-state index in [0.29, 0.717) is 18.4 Å². The van der Waals surface area contributed by atoms with Crippen molar-refractivity contribution >= 4 is 50.6 Å². The Morgan fingerprint density at radius 3 is 2.53 bits per heavy atom. The first-order chi connectivity index (χ1) is 16.4. The molecule has 0 unspecified atom stereocenters. The molecule has 176 valence electrons. The van der Waals surface area contributed by atoms with Crippen molar-refractivity contribution in [1.82, 2.24) is 14.5 Å². The van der Waals surface area contributed by atoms with Crippen molar-refractivity contribution < 1.29 is 4.74 Å². The van der Waals surface area contributed by atoms with Gasteiger partial charge in [0.05, 0.1) is 12.8 Å². The average Bonchev–Trinajstić information content (AvgIpc) is 3.18. The Morgan fingerprint density at radius 2 is 1.79 bits per heavy atom. The Kier molecular flexibility index (Phi) is 7.32. The number of benzene rings is 2.